The summed E-state index contributed by atoms with van der Waals surface area (Å²) in [5, 5.41) is 10.3. The first-order valence-electron chi connectivity index (χ1n) is 6.46. The SMILES string of the molecule is COC(C(=O)O)(c1ccc(Cl)cc1)c1ccc2ocnc2c1. The van der Waals surface area contributed by atoms with Crippen molar-refractivity contribution in [3.8, 4) is 0 Å². The van der Waals surface area contributed by atoms with Crippen molar-refractivity contribution in [1.82, 2.24) is 4.98 Å². The molecule has 5 nitrogen and oxygen atoms in total. The minimum Gasteiger partial charge on any atom is -0.479 e. The molecular formula is C16H12ClNO4. The van der Waals surface area contributed by atoms with Crippen molar-refractivity contribution in [2.45, 2.75) is 5.60 Å². The van der Waals surface area contributed by atoms with Crippen LogP contribution in [0, 0.1) is 0 Å². The predicted octanol–water partition coefficient (Wildman–Crippen LogP) is 3.46. The van der Waals surface area contributed by atoms with Crippen LogP contribution in [-0.2, 0) is 15.1 Å². The van der Waals surface area contributed by atoms with E-state index in [4.69, 9.17) is 20.8 Å². The molecule has 0 aliphatic carbocycles. The highest BCUT2D eigenvalue weighted by Crippen LogP contribution is 2.35. The van der Waals surface area contributed by atoms with Gasteiger partial charge in [-0.1, -0.05) is 29.8 Å². The van der Waals surface area contributed by atoms with Crippen LogP contribution in [0.25, 0.3) is 11.1 Å². The molecule has 1 unspecified atom stereocenters. The van der Waals surface area contributed by atoms with E-state index in [1.807, 2.05) is 0 Å². The number of oxazole rings is 1. The number of carboxylic acid groups (broad SMARTS) is 1. The third kappa shape index (κ3) is 2.15. The summed E-state index contributed by atoms with van der Waals surface area (Å²) < 4.78 is 10.6. The van der Waals surface area contributed by atoms with Crippen LogP contribution in [0.15, 0.2) is 53.3 Å². The molecule has 0 radical (unpaired) electrons. The Kier molecular flexibility index (Phi) is 3.60. The smallest absolute Gasteiger partial charge is 0.345 e. The number of nitrogens with zero attached hydrogens (tertiary/aromatic N) is 1. The fraction of sp³-hybridized carbons (Fsp3) is 0.125. The first-order chi connectivity index (χ1) is 10.6. The minimum absolute atomic E-state index is 0.450. The molecule has 0 aliphatic rings. The van der Waals surface area contributed by atoms with Gasteiger partial charge in [0.05, 0.1) is 0 Å². The molecule has 3 rings (SSSR count). The van der Waals surface area contributed by atoms with Crippen LogP contribution in [0.4, 0.5) is 0 Å². The average Bonchev–Trinajstić information content (AvgIpc) is 2.97. The van der Waals surface area contributed by atoms with Gasteiger partial charge in [-0.3, -0.25) is 0 Å². The number of rotatable bonds is 4. The average molecular weight is 318 g/mol. The second kappa shape index (κ2) is 5.44. The van der Waals surface area contributed by atoms with Crippen LogP contribution in [0.3, 0.4) is 0 Å². The van der Waals surface area contributed by atoms with E-state index in [1.165, 1.54) is 13.5 Å². The second-order valence-electron chi connectivity index (χ2n) is 4.73. The molecular weight excluding hydrogens is 306 g/mol. The first kappa shape index (κ1) is 14.6. The van der Waals surface area contributed by atoms with Crippen LogP contribution in [0.5, 0.6) is 0 Å². The maximum absolute atomic E-state index is 12.0. The Bertz CT molecular complexity index is 828. The van der Waals surface area contributed by atoms with E-state index in [9.17, 15) is 9.90 Å². The lowest BCUT2D eigenvalue weighted by Gasteiger charge is -2.29. The molecule has 0 saturated carbocycles. The van der Waals surface area contributed by atoms with E-state index in [0.29, 0.717) is 27.2 Å². The number of aromatic nitrogens is 1. The van der Waals surface area contributed by atoms with Crippen molar-refractivity contribution in [2.24, 2.45) is 0 Å². The van der Waals surface area contributed by atoms with Gasteiger partial charge < -0.3 is 14.3 Å². The number of ether oxygens (including phenoxy) is 1. The molecule has 0 aliphatic heterocycles. The number of carbonyl (C=O) groups is 1. The summed E-state index contributed by atoms with van der Waals surface area (Å²) in [5.41, 5.74) is 0.419. The highest BCUT2D eigenvalue weighted by atomic mass is 35.5. The van der Waals surface area contributed by atoms with E-state index >= 15 is 0 Å². The van der Waals surface area contributed by atoms with Crippen LogP contribution in [0.1, 0.15) is 11.1 Å². The molecule has 3 aromatic rings. The summed E-state index contributed by atoms with van der Waals surface area (Å²) in [6.07, 6.45) is 1.31. The second-order valence-corrected chi connectivity index (χ2v) is 5.17. The van der Waals surface area contributed by atoms with Gasteiger partial charge in [-0.2, -0.15) is 0 Å². The standard InChI is InChI=1S/C16H12ClNO4/c1-21-16(15(19)20,10-2-5-12(17)6-3-10)11-4-7-14-13(8-11)18-9-22-14/h2-9H,1H3,(H,19,20). The number of benzene rings is 2. The molecule has 1 aromatic heterocycles. The summed E-state index contributed by atoms with van der Waals surface area (Å²) in [5.74, 6) is -1.12. The minimum atomic E-state index is -1.64. The van der Waals surface area contributed by atoms with Crippen molar-refractivity contribution in [2.75, 3.05) is 7.11 Å². The summed E-state index contributed by atoms with van der Waals surface area (Å²) in [7, 11) is 1.36. The lowest BCUT2D eigenvalue weighted by molar-refractivity contribution is -0.158. The Labute approximate surface area is 131 Å². The van der Waals surface area contributed by atoms with Crippen LogP contribution in [-0.4, -0.2) is 23.2 Å². The molecule has 1 atom stereocenters. The Hall–Kier alpha value is -2.37. The molecule has 22 heavy (non-hydrogen) atoms. The highest BCUT2D eigenvalue weighted by Gasteiger charge is 2.43. The van der Waals surface area contributed by atoms with E-state index in [2.05, 4.69) is 4.98 Å². The molecule has 0 saturated heterocycles. The molecule has 1 heterocycles. The third-order valence-corrected chi connectivity index (χ3v) is 3.85. The van der Waals surface area contributed by atoms with Gasteiger partial charge in [0.2, 0.25) is 5.60 Å². The summed E-state index contributed by atoms with van der Waals surface area (Å²) in [6.45, 7) is 0. The molecule has 112 valence electrons. The number of methoxy groups -OCH3 is 1. The lowest BCUT2D eigenvalue weighted by atomic mass is 9.86. The van der Waals surface area contributed by atoms with Crippen molar-refractivity contribution in [3.05, 3.63) is 65.0 Å². The first-order valence-corrected chi connectivity index (χ1v) is 6.84. The zero-order valence-corrected chi connectivity index (χ0v) is 12.4. The van der Waals surface area contributed by atoms with Gasteiger partial charge in [0.25, 0.3) is 0 Å². The number of halogens is 1. The molecule has 0 fully saturated rings. The molecule has 6 heteroatoms. The number of carboxylic acids is 1. The zero-order valence-electron chi connectivity index (χ0n) is 11.6. The summed E-state index contributed by atoms with van der Waals surface area (Å²) >= 11 is 5.88. The number of hydrogen-bond donors (Lipinski definition) is 1. The van der Waals surface area contributed by atoms with E-state index in [0.717, 1.165) is 0 Å². The maximum atomic E-state index is 12.0. The normalized spacial score (nSPS) is 13.9. The predicted molar refractivity (Wildman–Crippen MR) is 80.9 cm³/mol. The van der Waals surface area contributed by atoms with E-state index in [1.54, 1.807) is 42.5 Å². The number of fused-ring (bicyclic) bond motifs is 1. The van der Waals surface area contributed by atoms with Gasteiger partial charge in [0.1, 0.15) is 5.52 Å². The topological polar surface area (TPSA) is 72.6 Å². The number of aliphatic carboxylic acids is 1. The van der Waals surface area contributed by atoms with Crippen molar-refractivity contribution < 1.29 is 19.1 Å². The van der Waals surface area contributed by atoms with Gasteiger partial charge >= 0.3 is 5.97 Å². The zero-order chi connectivity index (χ0) is 15.7. The lowest BCUT2D eigenvalue weighted by Crippen LogP contribution is -2.39. The van der Waals surface area contributed by atoms with Crippen LogP contribution >= 0.6 is 11.6 Å². The molecule has 0 amide bonds. The Morgan fingerprint density at radius 1 is 1.23 bits per heavy atom. The van der Waals surface area contributed by atoms with Gasteiger partial charge in [-0.25, -0.2) is 9.78 Å². The number of hydrogen-bond acceptors (Lipinski definition) is 4. The summed E-state index contributed by atoms with van der Waals surface area (Å²) in [6, 6.07) is 11.5. The fourth-order valence-corrected chi connectivity index (χ4v) is 2.62. The fourth-order valence-electron chi connectivity index (χ4n) is 2.50. The molecule has 0 bridgehead atoms. The van der Waals surface area contributed by atoms with Crippen LogP contribution in [0.2, 0.25) is 5.02 Å². The van der Waals surface area contributed by atoms with Crippen molar-refractivity contribution in [3.63, 3.8) is 0 Å². The molecule has 0 spiro atoms. The maximum Gasteiger partial charge on any atom is 0.345 e. The van der Waals surface area contributed by atoms with Gasteiger partial charge in [0, 0.05) is 17.7 Å². The van der Waals surface area contributed by atoms with Crippen LogP contribution < -0.4 is 0 Å². The Morgan fingerprint density at radius 2 is 1.91 bits per heavy atom. The third-order valence-electron chi connectivity index (χ3n) is 3.60. The quantitative estimate of drug-likeness (QED) is 0.797. The molecule has 2 aromatic carbocycles. The largest absolute Gasteiger partial charge is 0.479 e. The van der Waals surface area contributed by atoms with Gasteiger partial charge in [-0.15, -0.1) is 0 Å². The van der Waals surface area contributed by atoms with Crippen molar-refractivity contribution >= 4 is 28.7 Å². The Morgan fingerprint density at radius 3 is 2.55 bits per heavy atom. The van der Waals surface area contributed by atoms with Gasteiger partial charge in [-0.05, 0) is 29.8 Å². The Balaban J connectivity index is 2.24. The molecule has 1 N–H and O–H groups in total. The van der Waals surface area contributed by atoms with E-state index in [-0.39, 0.29) is 0 Å². The summed E-state index contributed by atoms with van der Waals surface area (Å²) in [4.78, 5) is 16.1. The monoisotopic (exact) mass is 317 g/mol. The highest BCUT2D eigenvalue weighted by molar-refractivity contribution is 6.30. The van der Waals surface area contributed by atoms with E-state index < -0.39 is 11.6 Å². The van der Waals surface area contributed by atoms with Gasteiger partial charge in [0.15, 0.2) is 12.0 Å². The van der Waals surface area contributed by atoms with Crippen molar-refractivity contribution in [1.29, 1.82) is 0 Å².